The smallest absolute Gasteiger partial charge is 0.336 e. The maximum atomic E-state index is 10.8. The van der Waals surface area contributed by atoms with Gasteiger partial charge in [-0.3, -0.25) is 0 Å². The number of aliphatic hydroxyl groups excluding tert-OH is 1. The maximum absolute atomic E-state index is 10.8. The van der Waals surface area contributed by atoms with Gasteiger partial charge in [-0.1, -0.05) is 0 Å². The Morgan fingerprint density at radius 1 is 1.67 bits per heavy atom. The van der Waals surface area contributed by atoms with Gasteiger partial charge in [0, 0.05) is 12.1 Å². The van der Waals surface area contributed by atoms with Crippen molar-refractivity contribution in [3.63, 3.8) is 0 Å². The Balaban J connectivity index is 3.13. The number of hydrogen-bond donors (Lipinski definition) is 2. The van der Waals surface area contributed by atoms with Gasteiger partial charge < -0.3 is 15.4 Å². The average Bonchev–Trinajstić information content (AvgIpc) is 2.05. The molecule has 0 aromatic carbocycles. The van der Waals surface area contributed by atoms with Gasteiger partial charge in [0.15, 0.2) is 6.20 Å². The molecule has 1 rings (SSSR count). The van der Waals surface area contributed by atoms with Crippen molar-refractivity contribution in [1.29, 1.82) is 0 Å². The van der Waals surface area contributed by atoms with Crippen LogP contribution in [-0.2, 0) is 6.61 Å². The molecule has 0 aliphatic rings. The first-order chi connectivity index (χ1) is 5.65. The summed E-state index contributed by atoms with van der Waals surface area (Å²) in [4.78, 5) is 10.4. The highest BCUT2D eigenvalue weighted by Crippen LogP contribution is 1.99. The Bertz CT molecular complexity index is 310. The second-order valence-electron chi connectivity index (χ2n) is 2.20. The molecule has 0 saturated heterocycles. The first-order valence-electron chi connectivity index (χ1n) is 3.21. The molecule has 0 saturated carbocycles. The summed E-state index contributed by atoms with van der Waals surface area (Å²) in [6.07, 6.45) is 1.05. The van der Waals surface area contributed by atoms with Crippen LogP contribution >= 0.6 is 0 Å². The van der Waals surface area contributed by atoms with Crippen molar-refractivity contribution in [3.8, 4) is 0 Å². The van der Waals surface area contributed by atoms with Gasteiger partial charge in [-0.15, -0.1) is 0 Å². The van der Waals surface area contributed by atoms with Crippen LogP contribution in [0.1, 0.15) is 16.1 Å². The number of carboxylic acids is 1. The minimum absolute atomic E-state index is 0.00819. The summed E-state index contributed by atoms with van der Waals surface area (Å²) < 4.78 is 0.423. The molecule has 0 spiro atoms. The number of pyridine rings is 1. The molecule has 64 valence electrons. The zero-order chi connectivity index (χ0) is 9.14. The van der Waals surface area contributed by atoms with E-state index in [1.807, 2.05) is 0 Å². The second-order valence-corrected chi connectivity index (χ2v) is 2.20. The Morgan fingerprint density at radius 2 is 2.33 bits per heavy atom. The van der Waals surface area contributed by atoms with Crippen molar-refractivity contribution in [3.05, 3.63) is 34.8 Å². The lowest BCUT2D eigenvalue weighted by Crippen LogP contribution is -2.31. The fourth-order valence-electron chi connectivity index (χ4n) is 0.783. The Morgan fingerprint density at radius 3 is 2.83 bits per heavy atom. The second kappa shape index (κ2) is 3.19. The van der Waals surface area contributed by atoms with Crippen LogP contribution in [0.15, 0.2) is 18.3 Å². The summed E-state index contributed by atoms with van der Waals surface area (Å²) in [5, 5.41) is 27.9. The van der Waals surface area contributed by atoms with E-state index in [0.717, 1.165) is 12.3 Å². The highest BCUT2D eigenvalue weighted by molar-refractivity contribution is 5.87. The van der Waals surface area contributed by atoms with Gasteiger partial charge in [-0.2, -0.15) is 4.73 Å². The van der Waals surface area contributed by atoms with Gasteiger partial charge in [-0.25, -0.2) is 4.79 Å². The van der Waals surface area contributed by atoms with Crippen molar-refractivity contribution in [1.82, 2.24) is 0 Å². The molecule has 12 heavy (non-hydrogen) atoms. The van der Waals surface area contributed by atoms with E-state index in [0.29, 0.717) is 4.73 Å². The highest BCUT2D eigenvalue weighted by atomic mass is 16.5. The van der Waals surface area contributed by atoms with E-state index in [1.54, 1.807) is 0 Å². The summed E-state index contributed by atoms with van der Waals surface area (Å²) in [5.74, 6) is -1.12. The molecule has 1 heterocycles. The van der Waals surface area contributed by atoms with E-state index in [1.165, 1.54) is 6.07 Å². The highest BCUT2D eigenvalue weighted by Gasteiger charge is 2.09. The van der Waals surface area contributed by atoms with Crippen LogP contribution in [0.25, 0.3) is 0 Å². The Hall–Kier alpha value is -1.62. The van der Waals surface area contributed by atoms with Gasteiger partial charge in [-0.05, 0) is 0 Å². The SMILES string of the molecule is O=C(O)c1cc[n+]([O-])c(CO)c1. The van der Waals surface area contributed by atoms with Crippen molar-refractivity contribution in [2.45, 2.75) is 6.61 Å². The fourth-order valence-corrected chi connectivity index (χ4v) is 0.783. The molecule has 0 radical (unpaired) electrons. The predicted octanol–water partition coefficient (Wildman–Crippen LogP) is -0.490. The van der Waals surface area contributed by atoms with E-state index in [9.17, 15) is 10.0 Å². The zero-order valence-corrected chi connectivity index (χ0v) is 6.10. The monoisotopic (exact) mass is 169 g/mol. The molecule has 0 aliphatic carbocycles. The third-order valence-corrected chi connectivity index (χ3v) is 1.40. The van der Waals surface area contributed by atoms with Crippen LogP contribution in [0.3, 0.4) is 0 Å². The van der Waals surface area contributed by atoms with Gasteiger partial charge >= 0.3 is 5.97 Å². The molecule has 0 bridgehead atoms. The van der Waals surface area contributed by atoms with Crippen LogP contribution in [0.4, 0.5) is 0 Å². The molecule has 0 fully saturated rings. The van der Waals surface area contributed by atoms with E-state index >= 15 is 0 Å². The normalized spacial score (nSPS) is 9.75. The van der Waals surface area contributed by atoms with E-state index < -0.39 is 12.6 Å². The van der Waals surface area contributed by atoms with Gasteiger partial charge in [0.2, 0.25) is 5.69 Å². The summed E-state index contributed by atoms with van der Waals surface area (Å²) in [6, 6.07) is 2.31. The predicted molar refractivity (Wildman–Crippen MR) is 38.3 cm³/mol. The summed E-state index contributed by atoms with van der Waals surface area (Å²) in [5.41, 5.74) is 0.0149. The van der Waals surface area contributed by atoms with E-state index in [2.05, 4.69) is 0 Å². The molecule has 5 heteroatoms. The van der Waals surface area contributed by atoms with Crippen molar-refractivity contribution < 1.29 is 19.7 Å². The quantitative estimate of drug-likeness (QED) is 0.462. The van der Waals surface area contributed by atoms with E-state index in [4.69, 9.17) is 10.2 Å². The average molecular weight is 169 g/mol. The molecule has 1 aromatic heterocycles. The number of carboxylic acid groups (broad SMARTS) is 1. The zero-order valence-electron chi connectivity index (χ0n) is 6.10. The maximum Gasteiger partial charge on any atom is 0.336 e. The standard InChI is InChI=1S/C7H7NO4/c9-4-6-3-5(7(10)11)1-2-8(6)12/h1-3,9H,4H2,(H,10,11). The number of carbonyl (C=O) groups is 1. The van der Waals surface area contributed by atoms with Crippen LogP contribution in [0, 0.1) is 5.21 Å². The number of aliphatic hydroxyl groups is 1. The van der Waals surface area contributed by atoms with Gasteiger partial charge in [0.05, 0.1) is 5.56 Å². The number of nitrogens with zero attached hydrogens (tertiary/aromatic N) is 1. The van der Waals surface area contributed by atoms with Crippen molar-refractivity contribution >= 4 is 5.97 Å². The minimum atomic E-state index is -1.12. The topological polar surface area (TPSA) is 84.5 Å². The van der Waals surface area contributed by atoms with Crippen LogP contribution in [0.2, 0.25) is 0 Å². The summed E-state index contributed by atoms with van der Waals surface area (Å²) in [7, 11) is 0. The lowest BCUT2D eigenvalue weighted by Gasteiger charge is -2.01. The van der Waals surface area contributed by atoms with Crippen molar-refractivity contribution in [2.24, 2.45) is 0 Å². The first kappa shape index (κ1) is 8.48. The number of aromatic carboxylic acids is 1. The first-order valence-corrected chi connectivity index (χ1v) is 3.21. The summed E-state index contributed by atoms with van der Waals surface area (Å²) in [6.45, 7) is -0.468. The molecule has 1 aromatic rings. The molecule has 5 nitrogen and oxygen atoms in total. The largest absolute Gasteiger partial charge is 0.618 e. The Labute approximate surface area is 68.1 Å². The van der Waals surface area contributed by atoms with Crippen molar-refractivity contribution in [2.75, 3.05) is 0 Å². The third kappa shape index (κ3) is 1.51. The molecular weight excluding hydrogens is 162 g/mol. The van der Waals surface area contributed by atoms with Gasteiger partial charge in [0.1, 0.15) is 6.61 Å². The molecule has 0 amide bonds. The Kier molecular flexibility index (Phi) is 2.25. The third-order valence-electron chi connectivity index (χ3n) is 1.40. The molecule has 2 N–H and O–H groups in total. The molecular formula is C7H7NO4. The summed E-state index contributed by atoms with van der Waals surface area (Å²) >= 11 is 0. The lowest BCUT2D eigenvalue weighted by molar-refractivity contribution is -0.616. The lowest BCUT2D eigenvalue weighted by atomic mass is 10.2. The molecule has 0 unspecified atom stereocenters. The number of hydrogen-bond acceptors (Lipinski definition) is 3. The van der Waals surface area contributed by atoms with Gasteiger partial charge in [0.25, 0.3) is 0 Å². The number of rotatable bonds is 2. The molecule has 0 aliphatic heterocycles. The fraction of sp³-hybridized carbons (Fsp3) is 0.143. The number of aromatic nitrogens is 1. The van der Waals surface area contributed by atoms with Crippen LogP contribution in [-0.4, -0.2) is 16.2 Å². The molecule has 0 atom stereocenters. The minimum Gasteiger partial charge on any atom is -0.618 e. The van der Waals surface area contributed by atoms with Crippen LogP contribution in [0.5, 0.6) is 0 Å². The van der Waals surface area contributed by atoms with Crippen LogP contribution < -0.4 is 4.73 Å². The van der Waals surface area contributed by atoms with E-state index in [-0.39, 0.29) is 11.3 Å².